The molecule has 1 saturated heterocycles. The Labute approximate surface area is 127 Å². The van der Waals surface area contributed by atoms with Gasteiger partial charge in [0.05, 0.1) is 12.6 Å². The van der Waals surface area contributed by atoms with Crippen LogP contribution in [0.4, 0.5) is 4.39 Å². The van der Waals surface area contributed by atoms with Gasteiger partial charge in [-0.2, -0.15) is 0 Å². The summed E-state index contributed by atoms with van der Waals surface area (Å²) >= 11 is 3.77. The van der Waals surface area contributed by atoms with Gasteiger partial charge in [-0.1, -0.05) is 13.3 Å². The molecule has 0 aromatic carbocycles. The van der Waals surface area contributed by atoms with E-state index in [1.54, 1.807) is 0 Å². The molecule has 0 aliphatic carbocycles. The number of rotatable bonds is 10. The zero-order chi connectivity index (χ0) is 15.0. The summed E-state index contributed by atoms with van der Waals surface area (Å²) in [4.78, 5) is 3.80. The molecule has 0 aromatic heterocycles. The molecule has 4 nitrogen and oxygen atoms in total. The number of hydrogen-bond donors (Lipinski definition) is 1. The van der Waals surface area contributed by atoms with E-state index in [1.165, 1.54) is 0 Å². The second kappa shape index (κ2) is 9.02. The predicted octanol–water partition coefficient (Wildman–Crippen LogP) is 2.12. The van der Waals surface area contributed by atoms with Crippen molar-refractivity contribution in [1.29, 1.82) is 0 Å². The lowest BCUT2D eigenvalue weighted by Crippen LogP contribution is -2.47. The van der Waals surface area contributed by atoms with Crippen LogP contribution >= 0.6 is 12.9 Å². The van der Waals surface area contributed by atoms with Gasteiger partial charge in [-0.15, -0.1) is 0 Å². The maximum atomic E-state index is 14.0. The highest BCUT2D eigenvalue weighted by molar-refractivity contribution is 7.75. The Morgan fingerprint density at radius 3 is 2.85 bits per heavy atom. The predicted molar refractivity (Wildman–Crippen MR) is 81.5 cm³/mol. The van der Waals surface area contributed by atoms with E-state index >= 15 is 0 Å². The third-order valence-electron chi connectivity index (χ3n) is 3.51. The summed E-state index contributed by atoms with van der Waals surface area (Å²) in [5, 5.41) is 0. The maximum Gasteiger partial charge on any atom is 0.148 e. The summed E-state index contributed by atoms with van der Waals surface area (Å²) in [5.41, 5.74) is -0.904. The van der Waals surface area contributed by atoms with Crippen molar-refractivity contribution in [3.8, 4) is 0 Å². The molecule has 0 saturated carbocycles. The van der Waals surface area contributed by atoms with Gasteiger partial charge in [0.15, 0.2) is 0 Å². The highest BCUT2D eigenvalue weighted by Gasteiger charge is 2.54. The van der Waals surface area contributed by atoms with Crippen molar-refractivity contribution in [2.75, 3.05) is 19.8 Å². The lowest BCUT2D eigenvalue weighted by molar-refractivity contribution is -0.110. The monoisotopic (exact) mass is 303 g/mol. The summed E-state index contributed by atoms with van der Waals surface area (Å²) in [6.45, 7) is 6.93. The van der Waals surface area contributed by atoms with Crippen LogP contribution in [-0.2, 0) is 13.7 Å². The van der Waals surface area contributed by atoms with Gasteiger partial charge in [-0.3, -0.25) is 0 Å². The standard InChI is InChI=1S/C13H23BFNO3S/c1-3-4-8-17-9-13(6-5-7-16-2)11(19-20)10(15)12(14)18-13/h10-12,20H,2-9H2,1H3/t10-,11?,12+,13+/m0/s1. The number of nitrogens with zero attached hydrogens (tertiary/aromatic N) is 1. The third-order valence-corrected chi connectivity index (χ3v) is 3.74. The third kappa shape index (κ3) is 4.45. The quantitative estimate of drug-likeness (QED) is 0.221. The molecular formula is C13H23BFNO3S. The normalized spacial score (nSPS) is 33.5. The molecule has 7 heteroatoms. The maximum absolute atomic E-state index is 14.0. The lowest BCUT2D eigenvalue weighted by atomic mass is 9.88. The molecule has 0 spiro atoms. The van der Waals surface area contributed by atoms with E-state index < -0.39 is 23.9 Å². The van der Waals surface area contributed by atoms with Crippen LogP contribution in [0.1, 0.15) is 32.6 Å². The van der Waals surface area contributed by atoms with Crippen molar-refractivity contribution in [3.63, 3.8) is 0 Å². The summed E-state index contributed by atoms with van der Waals surface area (Å²) in [7, 11) is 5.65. The summed E-state index contributed by atoms with van der Waals surface area (Å²) in [5.74, 6) is 0. The van der Waals surface area contributed by atoms with E-state index in [0.717, 1.165) is 12.8 Å². The Kier molecular flexibility index (Phi) is 8.10. The first-order chi connectivity index (χ1) is 9.61. The molecule has 0 N–H and O–H groups in total. The van der Waals surface area contributed by atoms with Crippen molar-refractivity contribution >= 4 is 27.5 Å². The number of thiol groups is 1. The average molecular weight is 303 g/mol. The number of unbranched alkanes of at least 4 members (excludes halogenated alkanes) is 1. The molecule has 0 bridgehead atoms. The van der Waals surface area contributed by atoms with Crippen LogP contribution in [0, 0.1) is 0 Å². The van der Waals surface area contributed by atoms with Gasteiger partial charge in [0, 0.05) is 13.2 Å². The van der Waals surface area contributed by atoms with Gasteiger partial charge < -0.3 is 18.6 Å². The molecule has 0 amide bonds. The molecule has 2 radical (unpaired) electrons. The van der Waals surface area contributed by atoms with Gasteiger partial charge in [0.2, 0.25) is 0 Å². The zero-order valence-corrected chi connectivity index (χ0v) is 12.9. The van der Waals surface area contributed by atoms with Crippen molar-refractivity contribution in [2.24, 2.45) is 4.99 Å². The molecule has 4 atom stereocenters. The molecule has 1 rings (SSSR count). The van der Waals surface area contributed by atoms with E-state index in [-0.39, 0.29) is 6.61 Å². The number of ether oxygens (including phenoxy) is 2. The van der Waals surface area contributed by atoms with Crippen LogP contribution in [0.3, 0.4) is 0 Å². The Hall–Kier alpha value is -0.105. The minimum Gasteiger partial charge on any atom is -0.378 e. The van der Waals surface area contributed by atoms with Gasteiger partial charge >= 0.3 is 0 Å². The Bertz CT molecular complexity index is 301. The van der Waals surface area contributed by atoms with Gasteiger partial charge in [-0.25, -0.2) is 4.39 Å². The van der Waals surface area contributed by atoms with Crippen LogP contribution < -0.4 is 0 Å². The van der Waals surface area contributed by atoms with Crippen molar-refractivity contribution in [3.05, 3.63) is 0 Å². The first-order valence-corrected chi connectivity index (χ1v) is 7.35. The molecule has 1 fully saturated rings. The minimum absolute atomic E-state index is 0.240. The fraction of sp³-hybridized carbons (Fsp3) is 0.923. The van der Waals surface area contributed by atoms with Crippen molar-refractivity contribution in [2.45, 2.75) is 56.5 Å². The van der Waals surface area contributed by atoms with Crippen molar-refractivity contribution < 1.29 is 18.0 Å². The smallest absolute Gasteiger partial charge is 0.148 e. The van der Waals surface area contributed by atoms with Crippen LogP contribution in [0.15, 0.2) is 4.99 Å². The van der Waals surface area contributed by atoms with Crippen LogP contribution in [0.2, 0.25) is 0 Å². The Morgan fingerprint density at radius 2 is 2.25 bits per heavy atom. The summed E-state index contributed by atoms with van der Waals surface area (Å²) < 4.78 is 30.3. The summed E-state index contributed by atoms with van der Waals surface area (Å²) in [6.07, 6.45) is 0.963. The average Bonchev–Trinajstić information content (AvgIpc) is 2.67. The Morgan fingerprint density at radius 1 is 1.50 bits per heavy atom. The molecular weight excluding hydrogens is 280 g/mol. The second-order valence-electron chi connectivity index (χ2n) is 5.07. The van der Waals surface area contributed by atoms with E-state index in [0.29, 0.717) is 26.0 Å². The van der Waals surface area contributed by atoms with E-state index in [1.807, 2.05) is 0 Å². The molecule has 1 aliphatic rings. The van der Waals surface area contributed by atoms with E-state index in [4.69, 9.17) is 21.5 Å². The first-order valence-electron chi connectivity index (χ1n) is 6.99. The number of halogens is 1. The zero-order valence-electron chi connectivity index (χ0n) is 12.0. The summed E-state index contributed by atoms with van der Waals surface area (Å²) in [6, 6.07) is -1.02. The molecule has 1 heterocycles. The largest absolute Gasteiger partial charge is 0.378 e. The highest BCUT2D eigenvalue weighted by atomic mass is 32.1. The van der Waals surface area contributed by atoms with Gasteiger partial charge in [-0.05, 0) is 38.9 Å². The lowest BCUT2D eigenvalue weighted by Gasteiger charge is -2.33. The molecule has 1 aliphatic heterocycles. The van der Waals surface area contributed by atoms with Crippen LogP contribution in [0.5, 0.6) is 0 Å². The molecule has 20 heavy (non-hydrogen) atoms. The van der Waals surface area contributed by atoms with Crippen molar-refractivity contribution in [1.82, 2.24) is 0 Å². The van der Waals surface area contributed by atoms with Gasteiger partial charge in [0.1, 0.15) is 25.7 Å². The van der Waals surface area contributed by atoms with Crippen LogP contribution in [0.25, 0.3) is 0 Å². The molecule has 0 aromatic rings. The fourth-order valence-corrected chi connectivity index (χ4v) is 2.70. The number of alkyl halides is 1. The fourth-order valence-electron chi connectivity index (χ4n) is 2.39. The highest BCUT2D eigenvalue weighted by Crippen LogP contribution is 2.38. The number of hydrogen-bond acceptors (Lipinski definition) is 5. The molecule has 114 valence electrons. The topological polar surface area (TPSA) is 40.0 Å². The minimum atomic E-state index is -1.42. The SMILES string of the molecule is [B][C@@H]1O[C@](CCCN=C)(COCCCC)C(OS)[C@@H]1F. The first kappa shape index (κ1) is 17.9. The van der Waals surface area contributed by atoms with E-state index in [2.05, 4.69) is 31.5 Å². The van der Waals surface area contributed by atoms with E-state index in [9.17, 15) is 4.39 Å². The van der Waals surface area contributed by atoms with Gasteiger partial charge in [0.25, 0.3) is 0 Å². The Balaban J connectivity index is 2.69. The molecule has 1 unspecified atom stereocenters. The number of aliphatic imine (C=N–C) groups is 1. The van der Waals surface area contributed by atoms with Crippen LogP contribution in [-0.4, -0.2) is 58.2 Å². The second-order valence-corrected chi connectivity index (χ2v) is 5.29.